The van der Waals surface area contributed by atoms with Gasteiger partial charge in [-0.2, -0.15) is 0 Å². The predicted molar refractivity (Wildman–Crippen MR) is 88.5 cm³/mol. The molecule has 2 heteroatoms. The van der Waals surface area contributed by atoms with Crippen LogP contribution in [0.2, 0.25) is 0 Å². The normalized spacial score (nSPS) is 12.7. The van der Waals surface area contributed by atoms with E-state index in [0.29, 0.717) is 0 Å². The first-order valence-corrected chi connectivity index (χ1v) is 7.32. The largest absolute Gasteiger partial charge is 0.496 e. The summed E-state index contributed by atoms with van der Waals surface area (Å²) in [6.07, 6.45) is 3.36. The number of rotatable bonds is 5. The summed E-state index contributed by atoms with van der Waals surface area (Å²) < 4.78 is 5.37. The first-order chi connectivity index (χ1) is 9.24. The van der Waals surface area contributed by atoms with Gasteiger partial charge in [-0.3, -0.25) is 0 Å². The second-order valence-corrected chi connectivity index (χ2v) is 6.49. The maximum atomic E-state index is 5.37. The highest BCUT2D eigenvalue weighted by molar-refractivity contribution is 5.68. The molecule has 0 radical (unpaired) electrons. The van der Waals surface area contributed by atoms with Crippen molar-refractivity contribution in [1.29, 1.82) is 0 Å². The van der Waals surface area contributed by atoms with Crippen molar-refractivity contribution >= 4 is 5.57 Å². The lowest BCUT2D eigenvalue weighted by Gasteiger charge is -2.20. The van der Waals surface area contributed by atoms with E-state index in [1.165, 1.54) is 22.3 Å². The van der Waals surface area contributed by atoms with Crippen LogP contribution < -0.4 is 10.1 Å². The Bertz CT molecular complexity index is 481. The number of benzene rings is 1. The fourth-order valence-corrected chi connectivity index (χ4v) is 2.28. The minimum atomic E-state index is 0.189. The SMILES string of the molecule is COc1cc(C)c(/C(C)=C/CCNC(C)(C)C)cc1C. The van der Waals surface area contributed by atoms with Gasteiger partial charge in [-0.05, 0) is 88.9 Å². The lowest BCUT2D eigenvalue weighted by Crippen LogP contribution is -2.36. The van der Waals surface area contributed by atoms with Gasteiger partial charge in [-0.1, -0.05) is 6.08 Å². The molecule has 0 amide bonds. The van der Waals surface area contributed by atoms with E-state index in [9.17, 15) is 0 Å². The summed E-state index contributed by atoms with van der Waals surface area (Å²) in [5.74, 6) is 0.966. The molecule has 0 saturated heterocycles. The standard InChI is InChI=1S/C18H29NO/c1-13(9-8-10-19-18(4,5)6)16-11-15(3)17(20-7)12-14(16)2/h9,11-12,19H,8,10H2,1-7H3/b13-9+. The zero-order valence-electron chi connectivity index (χ0n) is 14.1. The van der Waals surface area contributed by atoms with Gasteiger partial charge < -0.3 is 10.1 Å². The molecule has 0 saturated carbocycles. The van der Waals surface area contributed by atoms with Gasteiger partial charge in [-0.25, -0.2) is 0 Å². The smallest absolute Gasteiger partial charge is 0.122 e. The first-order valence-electron chi connectivity index (χ1n) is 7.32. The minimum absolute atomic E-state index is 0.189. The van der Waals surface area contributed by atoms with Crippen molar-refractivity contribution in [2.24, 2.45) is 0 Å². The molecule has 2 nitrogen and oxygen atoms in total. The summed E-state index contributed by atoms with van der Waals surface area (Å²) in [5.41, 5.74) is 5.30. The molecule has 112 valence electrons. The van der Waals surface area contributed by atoms with Gasteiger partial charge in [0.1, 0.15) is 5.75 Å². The molecule has 20 heavy (non-hydrogen) atoms. The zero-order valence-corrected chi connectivity index (χ0v) is 14.1. The highest BCUT2D eigenvalue weighted by Gasteiger charge is 2.08. The molecule has 0 atom stereocenters. The second-order valence-electron chi connectivity index (χ2n) is 6.49. The van der Waals surface area contributed by atoms with Gasteiger partial charge in [0.25, 0.3) is 0 Å². The van der Waals surface area contributed by atoms with Crippen LogP contribution in [0.4, 0.5) is 0 Å². The summed E-state index contributed by atoms with van der Waals surface area (Å²) >= 11 is 0. The van der Waals surface area contributed by atoms with E-state index >= 15 is 0 Å². The molecule has 0 spiro atoms. The molecule has 0 aliphatic carbocycles. The summed E-state index contributed by atoms with van der Waals surface area (Å²) in [7, 11) is 1.72. The van der Waals surface area contributed by atoms with E-state index in [-0.39, 0.29) is 5.54 Å². The molecular formula is C18H29NO. The highest BCUT2D eigenvalue weighted by Crippen LogP contribution is 2.27. The van der Waals surface area contributed by atoms with Gasteiger partial charge in [0.05, 0.1) is 7.11 Å². The molecular weight excluding hydrogens is 246 g/mol. The molecule has 0 aliphatic rings. The average molecular weight is 275 g/mol. The maximum absolute atomic E-state index is 5.37. The van der Waals surface area contributed by atoms with Crippen LogP contribution in [0.15, 0.2) is 18.2 Å². The Hall–Kier alpha value is -1.28. The predicted octanol–water partition coefficient (Wildman–Crippen LogP) is 4.49. The van der Waals surface area contributed by atoms with Gasteiger partial charge in [0.2, 0.25) is 0 Å². The monoisotopic (exact) mass is 275 g/mol. The number of ether oxygens (including phenoxy) is 1. The van der Waals surface area contributed by atoms with E-state index in [1.807, 2.05) is 0 Å². The van der Waals surface area contributed by atoms with Crippen LogP contribution in [0.25, 0.3) is 5.57 Å². The fourth-order valence-electron chi connectivity index (χ4n) is 2.28. The van der Waals surface area contributed by atoms with Crippen LogP contribution in [-0.2, 0) is 0 Å². The second kappa shape index (κ2) is 6.94. The summed E-state index contributed by atoms with van der Waals surface area (Å²) in [5, 5.41) is 3.51. The Labute approximate surface area is 124 Å². The Morgan fingerprint density at radius 3 is 2.40 bits per heavy atom. The van der Waals surface area contributed by atoms with Crippen LogP contribution in [0.5, 0.6) is 5.75 Å². The minimum Gasteiger partial charge on any atom is -0.496 e. The van der Waals surface area contributed by atoms with Crippen LogP contribution in [0, 0.1) is 13.8 Å². The van der Waals surface area contributed by atoms with Crippen LogP contribution in [0.1, 0.15) is 50.8 Å². The summed E-state index contributed by atoms with van der Waals surface area (Å²) in [6, 6.07) is 4.34. The Morgan fingerprint density at radius 1 is 1.20 bits per heavy atom. The quantitative estimate of drug-likeness (QED) is 0.799. The van der Waals surface area contributed by atoms with Crippen molar-refractivity contribution in [3.05, 3.63) is 34.9 Å². The van der Waals surface area contributed by atoms with E-state index in [0.717, 1.165) is 18.7 Å². The molecule has 1 rings (SSSR count). The van der Waals surface area contributed by atoms with Gasteiger partial charge in [-0.15, -0.1) is 0 Å². The van der Waals surface area contributed by atoms with Gasteiger partial charge >= 0.3 is 0 Å². The van der Waals surface area contributed by atoms with Crippen molar-refractivity contribution < 1.29 is 4.74 Å². The van der Waals surface area contributed by atoms with Crippen molar-refractivity contribution in [3.8, 4) is 5.75 Å². The maximum Gasteiger partial charge on any atom is 0.122 e. The molecule has 0 aromatic heterocycles. The van der Waals surface area contributed by atoms with Crippen molar-refractivity contribution in [3.63, 3.8) is 0 Å². The number of aryl methyl sites for hydroxylation is 2. The number of hydrogen-bond acceptors (Lipinski definition) is 2. The van der Waals surface area contributed by atoms with Crippen LogP contribution in [-0.4, -0.2) is 19.2 Å². The van der Waals surface area contributed by atoms with Gasteiger partial charge in [0, 0.05) is 5.54 Å². The average Bonchev–Trinajstić information content (AvgIpc) is 2.35. The Morgan fingerprint density at radius 2 is 1.85 bits per heavy atom. The number of allylic oxidation sites excluding steroid dienone is 1. The molecule has 0 heterocycles. The highest BCUT2D eigenvalue weighted by atomic mass is 16.5. The molecule has 1 aromatic carbocycles. The summed E-state index contributed by atoms with van der Waals surface area (Å²) in [6.45, 7) is 14.0. The van der Waals surface area contributed by atoms with Gasteiger partial charge in [0.15, 0.2) is 0 Å². The van der Waals surface area contributed by atoms with E-state index < -0.39 is 0 Å². The molecule has 0 aliphatic heterocycles. The number of hydrogen-bond donors (Lipinski definition) is 1. The van der Waals surface area contributed by atoms with E-state index in [1.54, 1.807) is 7.11 Å². The lowest BCUT2D eigenvalue weighted by atomic mass is 9.98. The number of nitrogens with one attached hydrogen (secondary N) is 1. The fraction of sp³-hybridized carbons (Fsp3) is 0.556. The third-order valence-electron chi connectivity index (χ3n) is 3.42. The topological polar surface area (TPSA) is 21.3 Å². The molecule has 1 N–H and O–H groups in total. The summed E-state index contributed by atoms with van der Waals surface area (Å²) in [4.78, 5) is 0. The molecule has 0 unspecified atom stereocenters. The molecule has 0 fully saturated rings. The molecule has 1 aromatic rings. The Kier molecular flexibility index (Phi) is 5.82. The van der Waals surface area contributed by atoms with Crippen molar-refractivity contribution in [1.82, 2.24) is 5.32 Å². The van der Waals surface area contributed by atoms with E-state index in [4.69, 9.17) is 4.74 Å². The van der Waals surface area contributed by atoms with Crippen molar-refractivity contribution in [2.75, 3.05) is 13.7 Å². The van der Waals surface area contributed by atoms with Crippen molar-refractivity contribution in [2.45, 2.75) is 53.5 Å². The van der Waals surface area contributed by atoms with Crippen LogP contribution in [0.3, 0.4) is 0 Å². The molecule has 0 bridgehead atoms. The Balaban J connectivity index is 2.77. The lowest BCUT2D eigenvalue weighted by molar-refractivity contribution is 0.411. The first kappa shape index (κ1) is 16.8. The third-order valence-corrected chi connectivity index (χ3v) is 3.42. The van der Waals surface area contributed by atoms with Crippen LogP contribution >= 0.6 is 0 Å². The third kappa shape index (κ3) is 5.01. The zero-order chi connectivity index (χ0) is 15.3. The number of methoxy groups -OCH3 is 1. The van der Waals surface area contributed by atoms with E-state index in [2.05, 4.69) is 65.1 Å².